The Kier molecular flexibility index (Phi) is 3.02. The molecule has 7 atom stereocenters. The van der Waals surface area contributed by atoms with Gasteiger partial charge in [-0.2, -0.15) is 0 Å². The SMILES string of the molecule is C[C@H]1C(=O)[C@]23C[C@H]1CC[C@@H]2[C@]1(C)CCCC(C)(C)[C@H]1C[C@H]3O. The van der Waals surface area contributed by atoms with Crippen molar-refractivity contribution in [2.24, 2.45) is 39.9 Å². The van der Waals surface area contributed by atoms with Crippen molar-refractivity contribution < 1.29 is 9.90 Å². The molecule has 4 aliphatic carbocycles. The molecule has 2 heteroatoms. The molecule has 0 saturated heterocycles. The van der Waals surface area contributed by atoms with Gasteiger partial charge in [0.05, 0.1) is 11.5 Å². The molecule has 4 fully saturated rings. The summed E-state index contributed by atoms with van der Waals surface area (Å²) in [5, 5.41) is 11.1. The molecule has 1 spiro atoms. The molecular weight excluding hydrogens is 272 g/mol. The number of hydrogen-bond acceptors (Lipinski definition) is 2. The standard InChI is InChI=1S/C20H32O2/c1-12-13-6-7-14-19(4)9-5-8-18(2,3)15(19)10-16(21)20(14,11-13)17(12)22/h12-16,21H,5-11H2,1-4H3/t12-,13-,14-,15-,16-,19+,20-/m1/s1. The van der Waals surface area contributed by atoms with Gasteiger partial charge in [-0.3, -0.25) is 4.79 Å². The fourth-order valence-corrected chi connectivity index (χ4v) is 7.71. The second-order valence-corrected chi connectivity index (χ2v) is 9.94. The van der Waals surface area contributed by atoms with Gasteiger partial charge >= 0.3 is 0 Å². The Labute approximate surface area is 135 Å². The summed E-state index contributed by atoms with van der Waals surface area (Å²) in [4.78, 5) is 13.2. The highest BCUT2D eigenvalue weighted by Gasteiger charge is 2.70. The van der Waals surface area contributed by atoms with E-state index in [9.17, 15) is 9.90 Å². The number of hydrogen-bond donors (Lipinski definition) is 1. The average Bonchev–Trinajstić information content (AvgIpc) is 2.64. The lowest BCUT2D eigenvalue weighted by molar-refractivity contribution is -0.197. The van der Waals surface area contributed by atoms with Crippen LogP contribution in [0.1, 0.15) is 72.6 Å². The maximum Gasteiger partial charge on any atom is 0.144 e. The number of carbonyl (C=O) groups excluding carboxylic acids is 1. The minimum Gasteiger partial charge on any atom is -0.392 e. The summed E-state index contributed by atoms with van der Waals surface area (Å²) in [7, 11) is 0. The summed E-state index contributed by atoms with van der Waals surface area (Å²) >= 11 is 0. The van der Waals surface area contributed by atoms with E-state index >= 15 is 0 Å². The van der Waals surface area contributed by atoms with E-state index in [4.69, 9.17) is 0 Å². The molecule has 0 radical (unpaired) electrons. The lowest BCUT2D eigenvalue weighted by atomic mass is 9.40. The molecule has 0 amide bonds. The van der Waals surface area contributed by atoms with Crippen LogP contribution in [-0.2, 0) is 4.79 Å². The van der Waals surface area contributed by atoms with Crippen molar-refractivity contribution in [3.63, 3.8) is 0 Å². The number of aliphatic hydroxyl groups is 1. The van der Waals surface area contributed by atoms with Crippen LogP contribution in [0.4, 0.5) is 0 Å². The first-order chi connectivity index (χ1) is 10.2. The van der Waals surface area contributed by atoms with Gasteiger partial charge in [-0.15, -0.1) is 0 Å². The first kappa shape index (κ1) is 15.2. The molecule has 0 aliphatic heterocycles. The van der Waals surface area contributed by atoms with E-state index in [0.29, 0.717) is 29.0 Å². The molecule has 0 aromatic rings. The maximum absolute atomic E-state index is 13.2. The summed E-state index contributed by atoms with van der Waals surface area (Å²) in [6.45, 7) is 9.37. The summed E-state index contributed by atoms with van der Waals surface area (Å²) in [6, 6.07) is 0. The van der Waals surface area contributed by atoms with E-state index in [2.05, 4.69) is 27.7 Å². The molecule has 1 N–H and O–H groups in total. The van der Waals surface area contributed by atoms with Gasteiger partial charge in [-0.05, 0) is 67.1 Å². The number of carbonyl (C=O) groups is 1. The van der Waals surface area contributed by atoms with E-state index in [-0.39, 0.29) is 16.7 Å². The lowest BCUT2D eigenvalue weighted by Gasteiger charge is -2.64. The molecular formula is C20H32O2. The molecule has 22 heavy (non-hydrogen) atoms. The van der Waals surface area contributed by atoms with Gasteiger partial charge in [0.1, 0.15) is 5.78 Å². The summed E-state index contributed by atoms with van der Waals surface area (Å²) in [5.74, 6) is 2.11. The van der Waals surface area contributed by atoms with Crippen LogP contribution in [0.3, 0.4) is 0 Å². The number of ketones is 1. The fraction of sp³-hybridized carbons (Fsp3) is 0.950. The van der Waals surface area contributed by atoms with Crippen LogP contribution in [0.25, 0.3) is 0 Å². The largest absolute Gasteiger partial charge is 0.392 e. The van der Waals surface area contributed by atoms with Crippen molar-refractivity contribution in [1.82, 2.24) is 0 Å². The molecule has 0 aromatic carbocycles. The van der Waals surface area contributed by atoms with Gasteiger partial charge in [-0.25, -0.2) is 0 Å². The Morgan fingerprint density at radius 3 is 2.55 bits per heavy atom. The highest BCUT2D eigenvalue weighted by atomic mass is 16.3. The number of rotatable bonds is 0. The maximum atomic E-state index is 13.2. The van der Waals surface area contributed by atoms with E-state index in [1.807, 2.05) is 0 Å². The molecule has 4 rings (SSSR count). The van der Waals surface area contributed by atoms with Crippen molar-refractivity contribution in [2.45, 2.75) is 78.7 Å². The zero-order valence-corrected chi connectivity index (χ0v) is 14.7. The van der Waals surface area contributed by atoms with Gasteiger partial charge in [0, 0.05) is 5.92 Å². The van der Waals surface area contributed by atoms with E-state index in [0.717, 1.165) is 12.8 Å². The summed E-state index contributed by atoms with van der Waals surface area (Å²) < 4.78 is 0. The quantitative estimate of drug-likeness (QED) is 0.728. The van der Waals surface area contributed by atoms with Gasteiger partial charge in [0.2, 0.25) is 0 Å². The van der Waals surface area contributed by atoms with Crippen molar-refractivity contribution in [3.05, 3.63) is 0 Å². The van der Waals surface area contributed by atoms with Crippen LogP contribution in [0, 0.1) is 39.9 Å². The Balaban J connectivity index is 1.82. The molecule has 0 aromatic heterocycles. The van der Waals surface area contributed by atoms with Gasteiger partial charge in [0.15, 0.2) is 0 Å². The molecule has 124 valence electrons. The van der Waals surface area contributed by atoms with Crippen LogP contribution in [0.2, 0.25) is 0 Å². The summed E-state index contributed by atoms with van der Waals surface area (Å²) in [6.07, 6.45) is 7.62. The fourth-order valence-electron chi connectivity index (χ4n) is 7.71. The molecule has 0 heterocycles. The minimum atomic E-state index is -0.395. The molecule has 2 nitrogen and oxygen atoms in total. The van der Waals surface area contributed by atoms with Crippen LogP contribution in [0.5, 0.6) is 0 Å². The van der Waals surface area contributed by atoms with E-state index in [1.54, 1.807) is 0 Å². The Morgan fingerprint density at radius 1 is 1.09 bits per heavy atom. The lowest BCUT2D eigenvalue weighted by Crippen LogP contribution is -2.63. The zero-order chi connectivity index (χ0) is 15.9. The van der Waals surface area contributed by atoms with Crippen molar-refractivity contribution in [2.75, 3.05) is 0 Å². The van der Waals surface area contributed by atoms with Crippen LogP contribution in [0.15, 0.2) is 0 Å². The second-order valence-electron chi connectivity index (χ2n) is 9.94. The number of aliphatic hydroxyl groups excluding tert-OH is 1. The third-order valence-electron chi connectivity index (χ3n) is 8.75. The predicted octanol–water partition coefficient (Wildman–Crippen LogP) is 4.21. The normalized spacial score (nSPS) is 56.4. The second kappa shape index (κ2) is 4.37. The molecule has 4 saturated carbocycles. The Hall–Kier alpha value is -0.370. The minimum absolute atomic E-state index is 0.177. The molecule has 2 bridgehead atoms. The van der Waals surface area contributed by atoms with Gasteiger partial charge in [-0.1, -0.05) is 34.1 Å². The average molecular weight is 304 g/mol. The summed E-state index contributed by atoms with van der Waals surface area (Å²) in [5.41, 5.74) is 0.173. The Morgan fingerprint density at radius 2 is 1.82 bits per heavy atom. The first-order valence-corrected chi connectivity index (χ1v) is 9.46. The Bertz CT molecular complexity index is 510. The van der Waals surface area contributed by atoms with Gasteiger partial charge in [0.25, 0.3) is 0 Å². The third kappa shape index (κ3) is 1.58. The molecule has 0 unspecified atom stereocenters. The monoisotopic (exact) mass is 304 g/mol. The van der Waals surface area contributed by atoms with Crippen molar-refractivity contribution in [3.8, 4) is 0 Å². The third-order valence-corrected chi connectivity index (χ3v) is 8.75. The van der Waals surface area contributed by atoms with Crippen LogP contribution >= 0.6 is 0 Å². The van der Waals surface area contributed by atoms with Crippen molar-refractivity contribution >= 4 is 5.78 Å². The smallest absolute Gasteiger partial charge is 0.144 e. The van der Waals surface area contributed by atoms with E-state index in [1.165, 1.54) is 32.1 Å². The van der Waals surface area contributed by atoms with Crippen LogP contribution in [-0.4, -0.2) is 17.0 Å². The van der Waals surface area contributed by atoms with E-state index < -0.39 is 6.10 Å². The van der Waals surface area contributed by atoms with Gasteiger partial charge < -0.3 is 5.11 Å². The highest BCUT2D eigenvalue weighted by molar-refractivity contribution is 5.91. The zero-order valence-electron chi connectivity index (χ0n) is 14.7. The van der Waals surface area contributed by atoms with Crippen molar-refractivity contribution in [1.29, 1.82) is 0 Å². The predicted molar refractivity (Wildman–Crippen MR) is 87.3 cm³/mol. The molecule has 4 aliphatic rings. The highest BCUT2D eigenvalue weighted by Crippen LogP contribution is 2.71. The number of fused-ring (bicyclic) bond motifs is 3. The topological polar surface area (TPSA) is 37.3 Å². The first-order valence-electron chi connectivity index (χ1n) is 9.46. The number of Topliss-reactive ketones (excluding diaryl/α,β-unsaturated/α-hetero) is 1. The van der Waals surface area contributed by atoms with Crippen LogP contribution < -0.4 is 0 Å².